The largest absolute Gasteiger partial charge is 0.457 e. The Hall–Kier alpha value is -4.86. The predicted molar refractivity (Wildman–Crippen MR) is 178 cm³/mol. The molecule has 11 nitrogen and oxygen atoms in total. The number of halogens is 1. The third kappa shape index (κ3) is 6.54. The first-order chi connectivity index (χ1) is 22.6. The lowest BCUT2D eigenvalue weighted by Crippen LogP contribution is -2.60. The van der Waals surface area contributed by atoms with Gasteiger partial charge in [0.25, 0.3) is 5.91 Å². The molecule has 1 amide bonds. The highest BCUT2D eigenvalue weighted by atomic mass is 19.1. The fraction of sp³-hybridized carbons (Fsp3) is 0.400. The van der Waals surface area contributed by atoms with Crippen LogP contribution >= 0.6 is 0 Å². The number of nitrogen functional groups attached to an aromatic ring is 1. The van der Waals surface area contributed by atoms with Gasteiger partial charge in [-0.25, -0.2) is 19.0 Å². The molecule has 4 aromatic rings. The summed E-state index contributed by atoms with van der Waals surface area (Å²) in [5, 5.41) is 18.9. The highest BCUT2D eigenvalue weighted by Crippen LogP contribution is 2.36. The number of para-hydroxylation sites is 1. The topological polar surface area (TPSA) is 138 Å². The van der Waals surface area contributed by atoms with E-state index >= 15 is 4.39 Å². The molecular formula is C35H40FN9O2. The SMILES string of the molecule is C[C@@H]1CN[C@@H](C)CN1C(C)(C)/C=C(/C#N)C(=O)N1CCC[C@H](n2nc(-c3ccc(Oc4ccccc4)cc3F)c3c(N)ncnc32)C1. The molecule has 0 bridgehead atoms. The van der Waals surface area contributed by atoms with Gasteiger partial charge in [-0.3, -0.25) is 9.69 Å². The molecule has 0 saturated carbocycles. The van der Waals surface area contributed by atoms with Crippen LogP contribution in [0.15, 0.2) is 66.5 Å². The van der Waals surface area contributed by atoms with Crippen LogP contribution in [0.4, 0.5) is 10.2 Å². The highest BCUT2D eigenvalue weighted by molar-refractivity contribution is 5.99. The van der Waals surface area contributed by atoms with Crippen molar-refractivity contribution in [3.63, 3.8) is 0 Å². The Morgan fingerprint density at radius 1 is 1.15 bits per heavy atom. The summed E-state index contributed by atoms with van der Waals surface area (Å²) in [6.07, 6.45) is 4.57. The molecular weight excluding hydrogens is 597 g/mol. The maximum Gasteiger partial charge on any atom is 0.264 e. The molecule has 3 atom stereocenters. The number of nitrogens with zero attached hydrogens (tertiary/aromatic N) is 7. The van der Waals surface area contributed by atoms with Gasteiger partial charge < -0.3 is 20.7 Å². The number of fused-ring (bicyclic) bond motifs is 1. The van der Waals surface area contributed by atoms with Gasteiger partial charge in [0.2, 0.25) is 0 Å². The predicted octanol–water partition coefficient (Wildman–Crippen LogP) is 5.08. The number of nitrogens with one attached hydrogen (secondary N) is 1. The van der Waals surface area contributed by atoms with Gasteiger partial charge in [0.05, 0.1) is 11.4 Å². The van der Waals surface area contributed by atoms with E-state index in [1.165, 1.54) is 12.4 Å². The maximum absolute atomic E-state index is 15.7. The fourth-order valence-corrected chi connectivity index (χ4v) is 6.73. The third-order valence-corrected chi connectivity index (χ3v) is 9.08. The second kappa shape index (κ2) is 13.1. The molecule has 244 valence electrons. The van der Waals surface area contributed by atoms with Crippen molar-refractivity contribution in [2.45, 2.75) is 64.2 Å². The van der Waals surface area contributed by atoms with Gasteiger partial charge in [-0.1, -0.05) is 18.2 Å². The highest BCUT2D eigenvalue weighted by Gasteiger charge is 2.36. The summed E-state index contributed by atoms with van der Waals surface area (Å²) in [6.45, 7) is 10.9. The van der Waals surface area contributed by atoms with E-state index in [4.69, 9.17) is 15.6 Å². The zero-order valence-corrected chi connectivity index (χ0v) is 27.2. The number of nitrogens with two attached hydrogens (primary N) is 1. The summed E-state index contributed by atoms with van der Waals surface area (Å²) >= 11 is 0. The van der Waals surface area contributed by atoms with Crippen LogP contribution in [-0.4, -0.2) is 79.3 Å². The third-order valence-electron chi connectivity index (χ3n) is 9.08. The summed E-state index contributed by atoms with van der Waals surface area (Å²) in [4.78, 5) is 26.5. The molecule has 2 saturated heterocycles. The van der Waals surface area contributed by atoms with Gasteiger partial charge in [-0.15, -0.1) is 0 Å². The molecule has 0 unspecified atom stereocenters. The smallest absolute Gasteiger partial charge is 0.264 e. The lowest BCUT2D eigenvalue weighted by atomic mass is 9.94. The van der Waals surface area contributed by atoms with Gasteiger partial charge in [-0.2, -0.15) is 10.4 Å². The van der Waals surface area contributed by atoms with Crippen LogP contribution in [0, 0.1) is 17.1 Å². The fourth-order valence-electron chi connectivity index (χ4n) is 6.73. The average molecular weight is 638 g/mol. The van der Waals surface area contributed by atoms with E-state index in [9.17, 15) is 10.1 Å². The number of amides is 1. The Labute approximate surface area is 273 Å². The molecule has 2 aliphatic rings. The van der Waals surface area contributed by atoms with Gasteiger partial charge in [0.15, 0.2) is 5.65 Å². The minimum atomic E-state index is -0.534. The first kappa shape index (κ1) is 32.1. The number of hydrogen-bond acceptors (Lipinski definition) is 9. The van der Waals surface area contributed by atoms with E-state index in [1.54, 1.807) is 39.9 Å². The molecule has 2 aromatic heterocycles. The number of benzene rings is 2. The summed E-state index contributed by atoms with van der Waals surface area (Å²) in [5.41, 5.74) is 6.93. The monoisotopic (exact) mass is 637 g/mol. The van der Waals surface area contributed by atoms with Crippen molar-refractivity contribution in [2.75, 3.05) is 31.9 Å². The molecule has 2 fully saturated rings. The quantitative estimate of drug-likeness (QED) is 0.210. The summed E-state index contributed by atoms with van der Waals surface area (Å²) in [6, 6.07) is 16.2. The van der Waals surface area contributed by atoms with Crippen molar-refractivity contribution in [2.24, 2.45) is 0 Å². The number of nitriles is 1. The Morgan fingerprint density at radius 3 is 2.68 bits per heavy atom. The van der Waals surface area contributed by atoms with Crippen LogP contribution in [0.25, 0.3) is 22.3 Å². The van der Waals surface area contributed by atoms with Crippen LogP contribution in [0.2, 0.25) is 0 Å². The van der Waals surface area contributed by atoms with Crippen LogP contribution in [-0.2, 0) is 4.79 Å². The average Bonchev–Trinajstić information content (AvgIpc) is 3.45. The molecule has 2 aliphatic heterocycles. The second-order valence-electron chi connectivity index (χ2n) is 13.0. The number of piperidine rings is 1. The maximum atomic E-state index is 15.7. The first-order valence-corrected chi connectivity index (χ1v) is 16.0. The molecule has 0 radical (unpaired) electrons. The van der Waals surface area contributed by atoms with Crippen LogP contribution < -0.4 is 15.8 Å². The molecule has 3 N–H and O–H groups in total. The normalized spacial score (nSPS) is 21.1. The van der Waals surface area contributed by atoms with Gasteiger partial charge in [-0.05, 0) is 70.9 Å². The number of rotatable bonds is 7. The van der Waals surface area contributed by atoms with E-state index in [1.807, 2.05) is 32.0 Å². The van der Waals surface area contributed by atoms with E-state index in [0.29, 0.717) is 60.2 Å². The van der Waals surface area contributed by atoms with E-state index in [-0.39, 0.29) is 34.9 Å². The van der Waals surface area contributed by atoms with Crippen molar-refractivity contribution in [3.8, 4) is 28.8 Å². The Morgan fingerprint density at radius 2 is 1.94 bits per heavy atom. The van der Waals surface area contributed by atoms with E-state index in [0.717, 1.165) is 13.1 Å². The van der Waals surface area contributed by atoms with Gasteiger partial charge in [0.1, 0.15) is 46.8 Å². The zero-order chi connectivity index (χ0) is 33.3. The minimum Gasteiger partial charge on any atom is -0.457 e. The van der Waals surface area contributed by atoms with E-state index < -0.39 is 11.4 Å². The summed E-state index contributed by atoms with van der Waals surface area (Å²) < 4.78 is 23.2. The molecule has 12 heteroatoms. The van der Waals surface area contributed by atoms with Crippen LogP contribution in [0.3, 0.4) is 0 Å². The molecule has 47 heavy (non-hydrogen) atoms. The number of carbonyl (C=O) groups excluding carboxylic acids is 1. The van der Waals surface area contributed by atoms with Gasteiger partial charge >= 0.3 is 0 Å². The number of ether oxygens (including phenoxy) is 1. The lowest BCUT2D eigenvalue weighted by molar-refractivity contribution is -0.128. The first-order valence-electron chi connectivity index (χ1n) is 16.0. The minimum absolute atomic E-state index is 0.117. The zero-order valence-electron chi connectivity index (χ0n) is 27.2. The molecule has 4 heterocycles. The number of likely N-dealkylation sites (tertiary alicyclic amines) is 1. The molecule has 0 spiro atoms. The van der Waals surface area contributed by atoms with E-state index in [2.05, 4.69) is 40.1 Å². The van der Waals surface area contributed by atoms with Crippen molar-refractivity contribution >= 4 is 22.8 Å². The van der Waals surface area contributed by atoms with Gasteiger partial charge in [0, 0.05) is 55.4 Å². The van der Waals surface area contributed by atoms with Crippen LogP contribution in [0.1, 0.15) is 46.6 Å². The lowest BCUT2D eigenvalue weighted by Gasteiger charge is -2.46. The van der Waals surface area contributed by atoms with Crippen molar-refractivity contribution in [1.29, 1.82) is 5.26 Å². The Balaban J connectivity index is 1.28. The number of aromatic nitrogens is 4. The standard InChI is InChI=1S/C35H40FN9O2/c1-22-19-44(23(2)18-39-22)35(3,4)16-24(17-37)34(46)43-14-8-9-25(20-43)45-33-30(32(38)40-21-41-33)31(42-45)28-13-12-27(15-29(28)36)47-26-10-6-5-7-11-26/h5-7,10-13,15-16,21-23,25,39H,8-9,14,18-20H2,1-4H3,(H2,38,40,41)/b24-16-/t22-,23+,25-/m0/s1. The molecule has 2 aromatic carbocycles. The number of anilines is 1. The summed E-state index contributed by atoms with van der Waals surface area (Å²) in [5.74, 6) is 0.268. The number of carbonyl (C=O) groups is 1. The summed E-state index contributed by atoms with van der Waals surface area (Å²) in [7, 11) is 0. The number of hydrogen-bond donors (Lipinski definition) is 2. The van der Waals surface area contributed by atoms with Crippen molar-refractivity contribution in [1.82, 2.24) is 34.9 Å². The Kier molecular flexibility index (Phi) is 8.94. The second-order valence-corrected chi connectivity index (χ2v) is 13.0. The van der Waals surface area contributed by atoms with Crippen molar-refractivity contribution < 1.29 is 13.9 Å². The Bertz CT molecular complexity index is 1850. The molecule has 6 rings (SSSR count). The number of piperazine rings is 1. The van der Waals surface area contributed by atoms with Crippen molar-refractivity contribution in [3.05, 3.63) is 72.3 Å². The van der Waals surface area contributed by atoms with Crippen LogP contribution in [0.5, 0.6) is 11.5 Å². The molecule has 0 aliphatic carbocycles.